The molecule has 3 aromatic carbocycles. The number of rotatable bonds is 4. The van der Waals surface area contributed by atoms with Crippen molar-refractivity contribution in [3.8, 4) is 17.0 Å². The number of para-hydroxylation sites is 3. The smallest absolute Gasteiger partial charge is 0.345 e. The zero-order chi connectivity index (χ0) is 23.7. The third kappa shape index (κ3) is 4.18. The van der Waals surface area contributed by atoms with Crippen molar-refractivity contribution < 1.29 is 14.3 Å². The van der Waals surface area contributed by atoms with Gasteiger partial charge in [0, 0.05) is 15.2 Å². The second-order valence-electron chi connectivity index (χ2n) is 7.25. The van der Waals surface area contributed by atoms with Crippen molar-refractivity contribution in [3.05, 3.63) is 110 Å². The first-order valence-corrected chi connectivity index (χ1v) is 11.8. The number of nitrogens with zero attached hydrogens (tertiary/aromatic N) is 2. The van der Waals surface area contributed by atoms with E-state index in [2.05, 4.69) is 26.3 Å². The Morgan fingerprint density at radius 3 is 2.59 bits per heavy atom. The zero-order valence-corrected chi connectivity index (χ0v) is 19.8. The largest absolute Gasteiger partial charge is 0.507 e. The standard InChI is InChI=1S/C25H16BrN3O4S/c26-18-9-3-4-10-19(18)27-25-29(28-23(31)16-8-2-5-11-21(16)30)20(14-34-25)17-13-15-7-1-6-12-22(15)33-24(17)32/h1-14,30H,(H,28,31). The van der Waals surface area contributed by atoms with E-state index in [0.717, 1.165) is 9.86 Å². The SMILES string of the molecule is O=C(Nn1c(-c2cc3ccccc3oc2=O)csc1=Nc1ccccc1Br)c1ccccc1O. The second-order valence-corrected chi connectivity index (χ2v) is 8.94. The maximum atomic E-state index is 13.0. The van der Waals surface area contributed by atoms with Crippen LogP contribution in [0.4, 0.5) is 5.69 Å². The topological polar surface area (TPSA) is 96.8 Å². The van der Waals surface area contributed by atoms with Crippen LogP contribution in [-0.4, -0.2) is 15.7 Å². The van der Waals surface area contributed by atoms with Crippen molar-refractivity contribution in [2.45, 2.75) is 0 Å². The first kappa shape index (κ1) is 21.9. The van der Waals surface area contributed by atoms with E-state index in [-0.39, 0.29) is 16.9 Å². The van der Waals surface area contributed by atoms with Crippen molar-refractivity contribution in [2.24, 2.45) is 4.99 Å². The minimum Gasteiger partial charge on any atom is -0.507 e. The average molecular weight is 534 g/mol. The van der Waals surface area contributed by atoms with Crippen LogP contribution in [-0.2, 0) is 0 Å². The Balaban J connectivity index is 1.70. The lowest BCUT2D eigenvalue weighted by atomic mass is 10.1. The number of carbonyl (C=O) groups excluding carboxylic acids is 1. The molecule has 0 atom stereocenters. The van der Waals surface area contributed by atoms with E-state index in [4.69, 9.17) is 4.42 Å². The normalized spacial score (nSPS) is 11.6. The predicted molar refractivity (Wildman–Crippen MR) is 135 cm³/mol. The molecule has 0 aliphatic carbocycles. The van der Waals surface area contributed by atoms with E-state index in [0.29, 0.717) is 21.8 Å². The molecule has 2 heterocycles. The molecule has 0 aliphatic heterocycles. The number of thiazole rings is 1. The van der Waals surface area contributed by atoms with Crippen molar-refractivity contribution in [2.75, 3.05) is 5.43 Å². The van der Waals surface area contributed by atoms with E-state index in [1.54, 1.807) is 35.7 Å². The van der Waals surface area contributed by atoms with Gasteiger partial charge in [-0.3, -0.25) is 10.2 Å². The van der Waals surface area contributed by atoms with Crippen LogP contribution in [0.1, 0.15) is 10.4 Å². The Morgan fingerprint density at radius 2 is 1.76 bits per heavy atom. The molecular weight excluding hydrogens is 518 g/mol. The molecule has 1 amide bonds. The lowest BCUT2D eigenvalue weighted by molar-refractivity contribution is 0.100. The van der Waals surface area contributed by atoms with Crippen molar-refractivity contribution in [1.29, 1.82) is 0 Å². The third-order valence-electron chi connectivity index (χ3n) is 5.06. The van der Waals surface area contributed by atoms with E-state index >= 15 is 0 Å². The molecule has 168 valence electrons. The summed E-state index contributed by atoms with van der Waals surface area (Å²) in [5.74, 6) is -0.719. The number of hydrogen-bond donors (Lipinski definition) is 2. The molecule has 5 rings (SSSR count). The molecule has 0 bridgehead atoms. The van der Waals surface area contributed by atoms with E-state index in [9.17, 15) is 14.7 Å². The van der Waals surface area contributed by atoms with Gasteiger partial charge < -0.3 is 9.52 Å². The van der Waals surface area contributed by atoms with E-state index in [1.165, 1.54) is 28.1 Å². The summed E-state index contributed by atoms with van der Waals surface area (Å²) in [4.78, 5) is 31.0. The van der Waals surface area contributed by atoms with Gasteiger partial charge in [-0.05, 0) is 52.3 Å². The first-order valence-electron chi connectivity index (χ1n) is 10.1. The highest BCUT2D eigenvalue weighted by molar-refractivity contribution is 9.10. The van der Waals surface area contributed by atoms with Crippen LogP contribution in [0.3, 0.4) is 0 Å². The molecule has 0 unspecified atom stereocenters. The maximum Gasteiger partial charge on any atom is 0.345 e. The maximum absolute atomic E-state index is 13.0. The van der Waals surface area contributed by atoms with Gasteiger partial charge in [0.15, 0.2) is 0 Å². The molecule has 34 heavy (non-hydrogen) atoms. The number of hydrogen-bond acceptors (Lipinski definition) is 6. The Labute approximate surface area is 205 Å². The molecule has 2 N–H and O–H groups in total. The van der Waals surface area contributed by atoms with Gasteiger partial charge in [0.2, 0.25) is 4.80 Å². The van der Waals surface area contributed by atoms with Crippen LogP contribution < -0.4 is 15.9 Å². The average Bonchev–Trinajstić information content (AvgIpc) is 3.22. The number of fused-ring (bicyclic) bond motifs is 1. The highest BCUT2D eigenvalue weighted by Gasteiger charge is 2.18. The molecule has 2 aromatic heterocycles. The number of amides is 1. The van der Waals surface area contributed by atoms with Crippen LogP contribution in [0, 0.1) is 0 Å². The van der Waals surface area contributed by atoms with Gasteiger partial charge in [0.05, 0.1) is 22.5 Å². The number of nitrogens with one attached hydrogen (secondary N) is 1. The molecular formula is C25H16BrN3O4S. The Morgan fingerprint density at radius 1 is 1.03 bits per heavy atom. The number of halogens is 1. The van der Waals surface area contributed by atoms with Gasteiger partial charge in [0.25, 0.3) is 5.91 Å². The lowest BCUT2D eigenvalue weighted by Crippen LogP contribution is -2.31. The summed E-state index contributed by atoms with van der Waals surface area (Å²) in [6, 6.07) is 22.5. The van der Waals surface area contributed by atoms with Gasteiger partial charge in [-0.15, -0.1) is 11.3 Å². The molecule has 0 aliphatic rings. The summed E-state index contributed by atoms with van der Waals surface area (Å²) in [5, 5.41) is 12.6. The number of carbonyl (C=O) groups is 1. The van der Waals surface area contributed by atoms with Gasteiger partial charge >= 0.3 is 5.63 Å². The highest BCUT2D eigenvalue weighted by atomic mass is 79.9. The zero-order valence-electron chi connectivity index (χ0n) is 17.4. The Bertz CT molecular complexity index is 1670. The summed E-state index contributed by atoms with van der Waals surface area (Å²) in [7, 11) is 0. The van der Waals surface area contributed by atoms with Crippen molar-refractivity contribution in [1.82, 2.24) is 4.68 Å². The molecule has 0 saturated carbocycles. The highest BCUT2D eigenvalue weighted by Crippen LogP contribution is 2.26. The second kappa shape index (κ2) is 9.12. The molecule has 0 spiro atoms. The molecule has 5 aromatic rings. The number of benzene rings is 3. The summed E-state index contributed by atoms with van der Waals surface area (Å²) >= 11 is 4.73. The monoisotopic (exact) mass is 533 g/mol. The summed E-state index contributed by atoms with van der Waals surface area (Å²) in [5.41, 5.74) is 4.09. The first-order chi connectivity index (χ1) is 16.5. The molecule has 0 fully saturated rings. The van der Waals surface area contributed by atoms with Gasteiger partial charge in [-0.25, -0.2) is 14.5 Å². The lowest BCUT2D eigenvalue weighted by Gasteiger charge is -2.11. The van der Waals surface area contributed by atoms with Gasteiger partial charge in [-0.1, -0.05) is 42.5 Å². The quantitative estimate of drug-likeness (QED) is 0.302. The summed E-state index contributed by atoms with van der Waals surface area (Å²) in [6.45, 7) is 0. The van der Waals surface area contributed by atoms with E-state index in [1.807, 2.05) is 36.4 Å². The van der Waals surface area contributed by atoms with Crippen molar-refractivity contribution in [3.63, 3.8) is 0 Å². The minimum atomic E-state index is -0.559. The number of phenols is 1. The fourth-order valence-corrected chi connectivity index (χ4v) is 4.62. The van der Waals surface area contributed by atoms with Crippen LogP contribution >= 0.6 is 27.3 Å². The fraction of sp³-hybridized carbons (Fsp3) is 0. The van der Waals surface area contributed by atoms with Crippen LogP contribution in [0.2, 0.25) is 0 Å². The molecule has 0 radical (unpaired) electrons. The molecule has 7 nitrogen and oxygen atoms in total. The number of aromatic nitrogens is 1. The summed E-state index contributed by atoms with van der Waals surface area (Å²) < 4.78 is 7.70. The summed E-state index contributed by atoms with van der Waals surface area (Å²) in [6.07, 6.45) is 0. The number of aromatic hydroxyl groups is 1. The van der Waals surface area contributed by atoms with Crippen LogP contribution in [0.25, 0.3) is 22.2 Å². The van der Waals surface area contributed by atoms with Crippen LogP contribution in [0.5, 0.6) is 5.75 Å². The molecule has 9 heteroatoms. The van der Waals surface area contributed by atoms with Gasteiger partial charge in [-0.2, -0.15) is 0 Å². The predicted octanol–water partition coefficient (Wildman–Crippen LogP) is 5.41. The minimum absolute atomic E-state index is 0.0875. The number of phenolic OH excluding ortho intramolecular Hbond substituents is 1. The fourth-order valence-electron chi connectivity index (χ4n) is 3.40. The van der Waals surface area contributed by atoms with Gasteiger partial charge in [0.1, 0.15) is 11.3 Å². The Kier molecular flexibility index (Phi) is 5.87. The third-order valence-corrected chi connectivity index (χ3v) is 6.55. The van der Waals surface area contributed by atoms with Crippen molar-refractivity contribution >= 4 is 49.8 Å². The Hall–Kier alpha value is -3.95. The molecule has 0 saturated heterocycles. The van der Waals surface area contributed by atoms with E-state index < -0.39 is 11.5 Å². The van der Waals surface area contributed by atoms with Crippen LogP contribution in [0.15, 0.2) is 103 Å².